The molecule has 0 aromatic carbocycles. The summed E-state index contributed by atoms with van der Waals surface area (Å²) in [6.45, 7) is 4.73. The van der Waals surface area contributed by atoms with Gasteiger partial charge in [0, 0.05) is 5.04 Å². The molecule has 0 saturated heterocycles. The Morgan fingerprint density at radius 2 is 1.85 bits per heavy atom. The van der Waals surface area contributed by atoms with Gasteiger partial charge in [0.05, 0.1) is 8.84 Å². The molecule has 0 spiro atoms. The minimum atomic E-state index is -4.33. The quantitative estimate of drug-likeness (QED) is 0.518. The van der Waals surface area contributed by atoms with Gasteiger partial charge < -0.3 is 0 Å². The van der Waals surface area contributed by atoms with Crippen molar-refractivity contribution in [1.29, 1.82) is 0 Å². The Kier molecular flexibility index (Phi) is 2.85. The molecule has 0 bridgehead atoms. The van der Waals surface area contributed by atoms with Crippen LogP contribution in [0.3, 0.4) is 0 Å². The van der Waals surface area contributed by atoms with Crippen LogP contribution in [0, 0.1) is 0 Å². The van der Waals surface area contributed by atoms with Gasteiger partial charge in [-0.05, 0) is 12.1 Å². The largest absolute Gasteiger partial charge is 0.470 e. The van der Waals surface area contributed by atoms with Gasteiger partial charge in [-0.1, -0.05) is 32.4 Å². The molecule has 0 N–H and O–H groups in total. The number of hydrogen-bond donors (Lipinski definition) is 0. The van der Waals surface area contributed by atoms with Crippen LogP contribution in [0.5, 0.6) is 0 Å². The average molecular weight is 241 g/mol. The van der Waals surface area contributed by atoms with Crippen LogP contribution in [0.25, 0.3) is 0 Å². The SMILES string of the molecule is CC(C)(C)[Si](F)(F)c1ccc(Cl)s1. The summed E-state index contributed by atoms with van der Waals surface area (Å²) >= 11 is 6.62. The number of rotatable bonds is 1. The van der Waals surface area contributed by atoms with Crippen molar-refractivity contribution in [3.8, 4) is 0 Å². The average Bonchev–Trinajstić information content (AvgIpc) is 2.33. The van der Waals surface area contributed by atoms with Gasteiger partial charge in [0.15, 0.2) is 0 Å². The van der Waals surface area contributed by atoms with Crippen LogP contribution in [0.1, 0.15) is 20.8 Å². The second-order valence-corrected chi connectivity index (χ2v) is 9.19. The Morgan fingerprint density at radius 1 is 1.31 bits per heavy atom. The van der Waals surface area contributed by atoms with Crippen molar-refractivity contribution in [3.05, 3.63) is 16.5 Å². The number of hydrogen-bond acceptors (Lipinski definition) is 1. The summed E-state index contributed by atoms with van der Waals surface area (Å²) in [7, 11) is -4.33. The van der Waals surface area contributed by atoms with Crippen molar-refractivity contribution < 1.29 is 8.22 Å². The summed E-state index contributed by atoms with van der Waals surface area (Å²) in [5.74, 6) is 0. The van der Waals surface area contributed by atoms with Crippen LogP contribution in [-0.2, 0) is 0 Å². The summed E-state index contributed by atoms with van der Waals surface area (Å²) in [5.41, 5.74) is 0. The van der Waals surface area contributed by atoms with Gasteiger partial charge in [0.2, 0.25) is 0 Å². The first kappa shape index (κ1) is 11.1. The minimum Gasteiger partial charge on any atom is -0.263 e. The Labute approximate surface area is 86.9 Å². The van der Waals surface area contributed by atoms with E-state index in [0.29, 0.717) is 4.34 Å². The second-order valence-electron chi connectivity index (χ2n) is 3.93. The highest BCUT2D eigenvalue weighted by molar-refractivity contribution is 7.27. The van der Waals surface area contributed by atoms with E-state index in [1.165, 1.54) is 12.1 Å². The third-order valence-electron chi connectivity index (χ3n) is 1.82. The lowest BCUT2D eigenvalue weighted by atomic mass is 10.2. The van der Waals surface area contributed by atoms with Crippen molar-refractivity contribution in [2.24, 2.45) is 0 Å². The van der Waals surface area contributed by atoms with E-state index in [2.05, 4.69) is 0 Å². The molecule has 1 aromatic rings. The van der Waals surface area contributed by atoms with Crippen LogP contribution >= 0.6 is 22.9 Å². The van der Waals surface area contributed by atoms with Crippen molar-refractivity contribution >= 4 is 36.2 Å². The first-order valence-electron chi connectivity index (χ1n) is 3.89. The van der Waals surface area contributed by atoms with Crippen LogP contribution in [0.4, 0.5) is 8.22 Å². The Hall–Kier alpha value is 0.0669. The molecule has 0 nitrogen and oxygen atoms in total. The molecule has 0 saturated carbocycles. The first-order chi connectivity index (χ1) is 5.75. The van der Waals surface area contributed by atoms with Crippen molar-refractivity contribution in [2.75, 3.05) is 0 Å². The van der Waals surface area contributed by atoms with Crippen LogP contribution in [-0.4, -0.2) is 8.74 Å². The predicted molar refractivity (Wildman–Crippen MR) is 56.6 cm³/mol. The lowest BCUT2D eigenvalue weighted by Gasteiger charge is -2.25. The van der Waals surface area contributed by atoms with Gasteiger partial charge in [-0.15, -0.1) is 11.3 Å². The van der Waals surface area contributed by atoms with E-state index in [-0.39, 0.29) is 4.50 Å². The molecule has 0 atom stereocenters. The van der Waals surface area contributed by atoms with Gasteiger partial charge >= 0.3 is 8.74 Å². The summed E-state index contributed by atoms with van der Waals surface area (Å²) in [6.07, 6.45) is 0. The zero-order valence-corrected chi connectivity index (χ0v) is 10.3. The van der Waals surface area contributed by atoms with Gasteiger partial charge in [-0.25, -0.2) is 0 Å². The molecule has 0 radical (unpaired) electrons. The van der Waals surface area contributed by atoms with Gasteiger partial charge in [0.1, 0.15) is 0 Å². The normalized spacial score (nSPS) is 13.4. The van der Waals surface area contributed by atoms with Gasteiger partial charge in [-0.2, -0.15) is 0 Å². The minimum absolute atomic E-state index is 0.171. The van der Waals surface area contributed by atoms with Crippen molar-refractivity contribution in [2.45, 2.75) is 25.8 Å². The summed E-state index contributed by atoms with van der Waals surface area (Å²) in [6, 6.07) is 2.98. The molecule has 0 aliphatic heterocycles. The molecule has 1 aromatic heterocycles. The van der Waals surface area contributed by atoms with E-state index in [9.17, 15) is 8.22 Å². The summed E-state index contributed by atoms with van der Waals surface area (Å²) in [4.78, 5) is 0. The standard InChI is InChI=1S/C8H11ClF2SSi/c1-8(2,3)13(10,11)7-5-4-6(9)12-7/h4-5H,1-3H3. The van der Waals surface area contributed by atoms with E-state index < -0.39 is 13.8 Å². The maximum absolute atomic E-state index is 13.8. The fourth-order valence-electron chi connectivity index (χ4n) is 0.853. The predicted octanol–water partition coefficient (Wildman–Crippen LogP) is 3.79. The molecule has 0 unspecified atom stereocenters. The van der Waals surface area contributed by atoms with E-state index in [1.54, 1.807) is 20.8 Å². The monoisotopic (exact) mass is 240 g/mol. The molecular weight excluding hydrogens is 230 g/mol. The summed E-state index contributed by atoms with van der Waals surface area (Å²) in [5, 5.41) is -0.929. The zero-order chi connectivity index (χ0) is 10.3. The molecule has 0 fully saturated rings. The third kappa shape index (κ3) is 2.11. The van der Waals surface area contributed by atoms with Crippen molar-refractivity contribution in [1.82, 2.24) is 0 Å². The molecule has 0 aliphatic rings. The Morgan fingerprint density at radius 3 is 2.15 bits per heavy atom. The highest BCUT2D eigenvalue weighted by Crippen LogP contribution is 2.39. The smallest absolute Gasteiger partial charge is 0.263 e. The zero-order valence-electron chi connectivity index (χ0n) is 7.70. The van der Waals surface area contributed by atoms with E-state index in [1.807, 2.05) is 0 Å². The molecule has 0 aliphatic carbocycles. The molecule has 74 valence electrons. The molecule has 1 rings (SSSR count). The number of halogens is 3. The third-order valence-corrected chi connectivity index (χ3v) is 6.61. The molecule has 1 heterocycles. The molecule has 0 amide bonds. The molecular formula is C8H11ClF2SSi. The lowest BCUT2D eigenvalue weighted by Crippen LogP contribution is -2.45. The van der Waals surface area contributed by atoms with Gasteiger partial charge in [-0.3, -0.25) is 8.22 Å². The fraction of sp³-hybridized carbons (Fsp3) is 0.500. The van der Waals surface area contributed by atoms with Crippen LogP contribution in [0.2, 0.25) is 9.37 Å². The highest BCUT2D eigenvalue weighted by Gasteiger charge is 2.51. The van der Waals surface area contributed by atoms with E-state index >= 15 is 0 Å². The maximum atomic E-state index is 13.8. The molecule has 13 heavy (non-hydrogen) atoms. The van der Waals surface area contributed by atoms with Gasteiger partial charge in [0.25, 0.3) is 0 Å². The summed E-state index contributed by atoms with van der Waals surface area (Å²) < 4.78 is 28.1. The van der Waals surface area contributed by atoms with Crippen LogP contribution in [0.15, 0.2) is 12.1 Å². The topological polar surface area (TPSA) is 0 Å². The highest BCUT2D eigenvalue weighted by atomic mass is 35.5. The lowest BCUT2D eigenvalue weighted by molar-refractivity contribution is 0.521. The van der Waals surface area contributed by atoms with E-state index in [0.717, 1.165) is 11.3 Å². The second kappa shape index (κ2) is 3.33. The Bertz CT molecular complexity index is 303. The van der Waals surface area contributed by atoms with Crippen LogP contribution < -0.4 is 4.50 Å². The number of thiophene rings is 1. The first-order valence-corrected chi connectivity index (χ1v) is 6.84. The molecule has 5 heteroatoms. The fourth-order valence-corrected chi connectivity index (χ4v) is 4.63. The Balaban J connectivity index is 3.07. The van der Waals surface area contributed by atoms with E-state index in [4.69, 9.17) is 11.6 Å². The maximum Gasteiger partial charge on any atom is 0.470 e. The van der Waals surface area contributed by atoms with Crippen molar-refractivity contribution in [3.63, 3.8) is 0 Å².